The number of carbonyl (C=O) groups is 1. The number of carbonyl (C=O) groups excluding carboxylic acids is 1. The van der Waals surface area contributed by atoms with Gasteiger partial charge in [-0.3, -0.25) is 9.69 Å². The first-order valence-corrected chi connectivity index (χ1v) is 10.7. The van der Waals surface area contributed by atoms with E-state index < -0.39 is 6.10 Å². The van der Waals surface area contributed by atoms with Crippen molar-refractivity contribution in [3.05, 3.63) is 65.2 Å². The molecule has 0 bridgehead atoms. The van der Waals surface area contributed by atoms with Crippen LogP contribution in [-0.4, -0.2) is 73.3 Å². The molecule has 0 radical (unpaired) electrons. The highest BCUT2D eigenvalue weighted by atomic mass is 16.5. The summed E-state index contributed by atoms with van der Waals surface area (Å²) >= 11 is 0. The summed E-state index contributed by atoms with van der Waals surface area (Å²) in [5.74, 6) is 0.566. The predicted molar refractivity (Wildman–Crippen MR) is 119 cm³/mol. The molecule has 0 aromatic heterocycles. The fraction of sp³-hybridized carbons (Fsp3) is 0.458. The fourth-order valence-corrected chi connectivity index (χ4v) is 3.57. The molecule has 0 saturated carbocycles. The summed E-state index contributed by atoms with van der Waals surface area (Å²) in [5.41, 5.74) is 3.28. The number of β-amino-alcohol motifs (C(OH)–C–C–N with tert-alkyl or cyclic N) is 1. The van der Waals surface area contributed by atoms with E-state index in [0.717, 1.165) is 38.3 Å². The first kappa shape index (κ1) is 22.3. The minimum absolute atomic E-state index is 0.185. The summed E-state index contributed by atoms with van der Waals surface area (Å²) in [6.45, 7) is 7.12. The van der Waals surface area contributed by atoms with Gasteiger partial charge in [-0.15, -0.1) is 0 Å². The minimum atomic E-state index is -0.600. The molecule has 1 unspecified atom stereocenters. The molecule has 0 fully saturated rings. The fourth-order valence-electron chi connectivity index (χ4n) is 3.57. The van der Waals surface area contributed by atoms with Crippen LogP contribution < -0.4 is 10.1 Å². The van der Waals surface area contributed by atoms with Crippen molar-refractivity contribution in [3.63, 3.8) is 0 Å². The lowest BCUT2D eigenvalue weighted by atomic mass is 10.00. The van der Waals surface area contributed by atoms with Gasteiger partial charge in [-0.1, -0.05) is 31.2 Å². The third-order valence-electron chi connectivity index (χ3n) is 5.57. The molecule has 0 saturated heterocycles. The molecule has 1 heterocycles. The molecule has 2 N–H and O–H groups in total. The number of rotatable bonds is 10. The van der Waals surface area contributed by atoms with Crippen LogP contribution in [0, 0.1) is 0 Å². The number of benzene rings is 2. The number of hydrogen-bond acceptors (Lipinski definition) is 5. The normalized spacial score (nSPS) is 14.9. The molecular formula is C24H33N3O3. The lowest BCUT2D eigenvalue weighted by Crippen LogP contribution is -2.42. The van der Waals surface area contributed by atoms with Crippen LogP contribution in [0.25, 0.3) is 0 Å². The van der Waals surface area contributed by atoms with Crippen LogP contribution >= 0.6 is 0 Å². The first-order valence-electron chi connectivity index (χ1n) is 10.7. The van der Waals surface area contributed by atoms with E-state index in [-0.39, 0.29) is 12.5 Å². The average molecular weight is 412 g/mol. The second-order valence-corrected chi connectivity index (χ2v) is 7.89. The maximum atomic E-state index is 12.4. The van der Waals surface area contributed by atoms with Crippen molar-refractivity contribution in [2.24, 2.45) is 0 Å². The average Bonchev–Trinajstić information content (AvgIpc) is 2.77. The third-order valence-corrected chi connectivity index (χ3v) is 5.57. The molecule has 0 spiro atoms. The molecule has 2 aromatic carbocycles. The number of ether oxygens (including phenoxy) is 1. The molecule has 6 heteroatoms. The highest BCUT2D eigenvalue weighted by molar-refractivity contribution is 5.94. The summed E-state index contributed by atoms with van der Waals surface area (Å²) in [5, 5.41) is 13.2. The van der Waals surface area contributed by atoms with E-state index in [1.165, 1.54) is 11.1 Å². The van der Waals surface area contributed by atoms with Crippen LogP contribution in [0.2, 0.25) is 0 Å². The topological polar surface area (TPSA) is 65.0 Å². The lowest BCUT2D eigenvalue weighted by molar-refractivity contribution is 0.0842. The number of aliphatic hydroxyl groups is 1. The van der Waals surface area contributed by atoms with Crippen molar-refractivity contribution < 1.29 is 14.6 Å². The zero-order chi connectivity index (χ0) is 21.3. The molecule has 1 aliphatic heterocycles. The number of likely N-dealkylation sites (N-methyl/N-ethyl adjacent to an activating group) is 1. The summed E-state index contributed by atoms with van der Waals surface area (Å²) < 4.78 is 5.70. The Bertz CT molecular complexity index is 810. The van der Waals surface area contributed by atoms with Crippen LogP contribution in [0.5, 0.6) is 5.75 Å². The van der Waals surface area contributed by atoms with E-state index >= 15 is 0 Å². The first-order chi connectivity index (χ1) is 14.5. The van der Waals surface area contributed by atoms with Gasteiger partial charge in [-0.2, -0.15) is 0 Å². The van der Waals surface area contributed by atoms with Crippen LogP contribution in [-0.2, 0) is 13.0 Å². The Morgan fingerprint density at radius 1 is 1.20 bits per heavy atom. The van der Waals surface area contributed by atoms with Gasteiger partial charge in [0.15, 0.2) is 0 Å². The van der Waals surface area contributed by atoms with Crippen molar-refractivity contribution in [3.8, 4) is 5.75 Å². The van der Waals surface area contributed by atoms with Crippen molar-refractivity contribution in [2.75, 3.05) is 46.4 Å². The lowest BCUT2D eigenvalue weighted by Gasteiger charge is -2.30. The molecule has 0 aliphatic carbocycles. The molecule has 1 amide bonds. The largest absolute Gasteiger partial charge is 0.492 e. The molecule has 6 nitrogen and oxygen atoms in total. The summed E-state index contributed by atoms with van der Waals surface area (Å²) in [4.78, 5) is 16.8. The SMILES string of the molecule is CCN(C)CCOc1ccc(C(=O)NCC(O)CN2CCc3ccccc3C2)cc1. The Morgan fingerprint density at radius 3 is 2.67 bits per heavy atom. The van der Waals surface area contributed by atoms with Crippen LogP contribution in [0.3, 0.4) is 0 Å². The maximum Gasteiger partial charge on any atom is 0.251 e. The Labute approximate surface area is 179 Å². The van der Waals surface area contributed by atoms with Gasteiger partial charge < -0.3 is 20.1 Å². The molecule has 30 heavy (non-hydrogen) atoms. The monoisotopic (exact) mass is 411 g/mol. The van der Waals surface area contributed by atoms with Gasteiger partial charge in [0, 0.05) is 38.3 Å². The molecule has 1 atom stereocenters. The molecular weight excluding hydrogens is 378 g/mol. The van der Waals surface area contributed by atoms with Gasteiger partial charge >= 0.3 is 0 Å². The Balaban J connectivity index is 1.39. The van der Waals surface area contributed by atoms with Gasteiger partial charge in [0.05, 0.1) is 6.10 Å². The van der Waals surface area contributed by atoms with E-state index in [0.29, 0.717) is 18.7 Å². The zero-order valence-corrected chi connectivity index (χ0v) is 18.0. The van der Waals surface area contributed by atoms with Gasteiger partial charge in [0.25, 0.3) is 5.91 Å². The van der Waals surface area contributed by atoms with E-state index in [4.69, 9.17) is 4.74 Å². The minimum Gasteiger partial charge on any atom is -0.492 e. The third kappa shape index (κ3) is 6.55. The Hall–Kier alpha value is -2.41. The van der Waals surface area contributed by atoms with Crippen molar-refractivity contribution in [1.29, 1.82) is 0 Å². The number of nitrogens with one attached hydrogen (secondary N) is 1. The number of aliphatic hydroxyl groups excluding tert-OH is 1. The molecule has 162 valence electrons. The number of amides is 1. The smallest absolute Gasteiger partial charge is 0.251 e. The quantitative estimate of drug-likeness (QED) is 0.627. The highest BCUT2D eigenvalue weighted by Crippen LogP contribution is 2.18. The van der Waals surface area contributed by atoms with E-state index in [2.05, 4.69) is 53.4 Å². The van der Waals surface area contributed by atoms with Gasteiger partial charge in [0.2, 0.25) is 0 Å². The summed E-state index contributed by atoms with van der Waals surface area (Å²) in [6, 6.07) is 15.6. The second-order valence-electron chi connectivity index (χ2n) is 7.89. The van der Waals surface area contributed by atoms with E-state index in [1.807, 2.05) is 12.1 Å². The summed E-state index contributed by atoms with van der Waals surface area (Å²) in [6.07, 6.45) is 0.399. The van der Waals surface area contributed by atoms with Crippen LogP contribution in [0.4, 0.5) is 0 Å². The highest BCUT2D eigenvalue weighted by Gasteiger charge is 2.19. The molecule has 1 aliphatic rings. The van der Waals surface area contributed by atoms with Gasteiger partial charge in [0.1, 0.15) is 12.4 Å². The zero-order valence-electron chi connectivity index (χ0n) is 18.0. The molecule has 3 rings (SSSR count). The van der Waals surface area contributed by atoms with E-state index in [9.17, 15) is 9.90 Å². The van der Waals surface area contributed by atoms with Crippen molar-refractivity contribution >= 4 is 5.91 Å². The number of fused-ring (bicyclic) bond motifs is 1. The van der Waals surface area contributed by atoms with Gasteiger partial charge in [-0.25, -0.2) is 0 Å². The standard InChI is InChI=1S/C24H33N3O3/c1-3-26(2)14-15-30-23-10-8-20(9-11-23)24(29)25-16-22(28)18-27-13-12-19-6-4-5-7-21(19)17-27/h4-11,22,28H,3,12-18H2,1-2H3,(H,25,29). The summed E-state index contributed by atoms with van der Waals surface area (Å²) in [7, 11) is 2.05. The Morgan fingerprint density at radius 2 is 1.93 bits per heavy atom. The second kappa shape index (κ2) is 11.1. The van der Waals surface area contributed by atoms with Crippen LogP contribution in [0.15, 0.2) is 48.5 Å². The maximum absolute atomic E-state index is 12.4. The Kier molecular flexibility index (Phi) is 8.25. The number of nitrogens with zero attached hydrogens (tertiary/aromatic N) is 2. The van der Waals surface area contributed by atoms with Gasteiger partial charge in [-0.05, 0) is 55.4 Å². The van der Waals surface area contributed by atoms with Crippen LogP contribution in [0.1, 0.15) is 28.4 Å². The van der Waals surface area contributed by atoms with E-state index in [1.54, 1.807) is 12.1 Å². The van der Waals surface area contributed by atoms with Crippen molar-refractivity contribution in [1.82, 2.24) is 15.1 Å². The molecule has 2 aromatic rings. The predicted octanol–water partition coefficient (Wildman–Crippen LogP) is 2.17. The number of hydrogen-bond donors (Lipinski definition) is 2. The van der Waals surface area contributed by atoms with Crippen molar-refractivity contribution in [2.45, 2.75) is 26.0 Å².